The Morgan fingerprint density at radius 3 is 2.61 bits per heavy atom. The van der Waals surface area contributed by atoms with Gasteiger partial charge in [0.1, 0.15) is 4.88 Å². The smallest absolute Gasteiger partial charge is 0.345 e. The summed E-state index contributed by atoms with van der Waals surface area (Å²) in [5.41, 5.74) is 0. The molecule has 100 valence electrons. The number of anilines is 1. The number of hydrogen-bond donors (Lipinski definition) is 2. The molecule has 1 atom stereocenters. The van der Waals surface area contributed by atoms with E-state index in [0.29, 0.717) is 5.00 Å². The highest BCUT2D eigenvalue weighted by atomic mass is 32.1. The fraction of sp³-hybridized carbons (Fsp3) is 0.538. The van der Waals surface area contributed by atoms with Crippen LogP contribution in [-0.4, -0.2) is 17.0 Å². The van der Waals surface area contributed by atoms with Crippen molar-refractivity contribution in [1.82, 2.24) is 0 Å². The van der Waals surface area contributed by atoms with E-state index in [1.54, 1.807) is 6.07 Å². The molecule has 5 heteroatoms. The Morgan fingerprint density at radius 1 is 1.39 bits per heavy atom. The first-order valence-electron chi connectivity index (χ1n) is 6.22. The zero-order valence-electron chi connectivity index (χ0n) is 10.7. The average molecular weight is 269 g/mol. The molecule has 1 aromatic rings. The molecular formula is C13H19NO3S. The summed E-state index contributed by atoms with van der Waals surface area (Å²) in [6.45, 7) is 4.10. The molecular weight excluding hydrogens is 250 g/mol. The number of rotatable bonds is 7. The number of carboxylic acids is 1. The van der Waals surface area contributed by atoms with E-state index >= 15 is 0 Å². The highest BCUT2D eigenvalue weighted by molar-refractivity contribution is 7.18. The second kappa shape index (κ2) is 7.16. The Morgan fingerprint density at radius 2 is 2.11 bits per heavy atom. The Kier molecular flexibility index (Phi) is 5.85. The third-order valence-corrected chi connectivity index (χ3v) is 3.82. The summed E-state index contributed by atoms with van der Waals surface area (Å²) in [6.07, 6.45) is 3.81. The fourth-order valence-corrected chi connectivity index (χ4v) is 2.46. The highest BCUT2D eigenvalue weighted by Crippen LogP contribution is 2.23. The number of carboxylic acid groups (broad SMARTS) is 1. The van der Waals surface area contributed by atoms with Crippen LogP contribution < -0.4 is 5.32 Å². The first-order chi connectivity index (χ1) is 8.58. The molecule has 0 aliphatic rings. The molecule has 0 aliphatic carbocycles. The Balaban J connectivity index is 2.58. The number of carbonyl (C=O) groups is 2. The predicted octanol–water partition coefficient (Wildman–Crippen LogP) is 3.60. The zero-order valence-corrected chi connectivity index (χ0v) is 11.5. The average Bonchev–Trinajstić information content (AvgIpc) is 2.78. The first kappa shape index (κ1) is 14.7. The summed E-state index contributed by atoms with van der Waals surface area (Å²) < 4.78 is 0. The molecule has 2 N–H and O–H groups in total. The van der Waals surface area contributed by atoms with Crippen LogP contribution in [-0.2, 0) is 4.79 Å². The van der Waals surface area contributed by atoms with Crippen LogP contribution in [0.5, 0.6) is 0 Å². The van der Waals surface area contributed by atoms with Gasteiger partial charge >= 0.3 is 5.97 Å². The lowest BCUT2D eigenvalue weighted by molar-refractivity contribution is -0.120. The minimum absolute atomic E-state index is 0.00950. The van der Waals surface area contributed by atoms with Crippen molar-refractivity contribution in [2.24, 2.45) is 5.92 Å². The van der Waals surface area contributed by atoms with Gasteiger partial charge in [0.15, 0.2) is 0 Å². The Bertz CT molecular complexity index is 414. The first-order valence-corrected chi connectivity index (χ1v) is 7.04. The van der Waals surface area contributed by atoms with E-state index in [4.69, 9.17) is 5.11 Å². The number of nitrogens with one attached hydrogen (secondary N) is 1. The molecule has 1 rings (SSSR count). The Hall–Kier alpha value is -1.36. The normalized spacial score (nSPS) is 12.1. The van der Waals surface area contributed by atoms with Crippen LogP contribution in [0, 0.1) is 5.92 Å². The standard InChI is InChI=1S/C13H19NO3S/c1-3-5-6-9(4-2)12(15)14-11-8-7-10(18-11)13(16)17/h7-9H,3-6H2,1-2H3,(H,14,15)(H,16,17). The summed E-state index contributed by atoms with van der Waals surface area (Å²) in [4.78, 5) is 22.9. The molecule has 0 saturated heterocycles. The topological polar surface area (TPSA) is 66.4 Å². The van der Waals surface area contributed by atoms with Gasteiger partial charge in [-0.2, -0.15) is 0 Å². The molecule has 0 aliphatic heterocycles. The van der Waals surface area contributed by atoms with Crippen molar-refractivity contribution in [2.45, 2.75) is 39.5 Å². The molecule has 4 nitrogen and oxygen atoms in total. The summed E-state index contributed by atoms with van der Waals surface area (Å²) in [6, 6.07) is 3.15. The van der Waals surface area contributed by atoms with Gasteiger partial charge in [0.2, 0.25) is 5.91 Å². The molecule has 18 heavy (non-hydrogen) atoms. The largest absolute Gasteiger partial charge is 0.477 e. The van der Waals surface area contributed by atoms with Crippen LogP contribution in [0.25, 0.3) is 0 Å². The van der Waals surface area contributed by atoms with E-state index < -0.39 is 5.97 Å². The minimum atomic E-state index is -0.960. The van der Waals surface area contributed by atoms with Crippen LogP contribution in [0.1, 0.15) is 49.2 Å². The molecule has 1 unspecified atom stereocenters. The molecule has 1 amide bonds. The predicted molar refractivity (Wildman–Crippen MR) is 73.2 cm³/mol. The van der Waals surface area contributed by atoms with Crippen molar-refractivity contribution in [3.05, 3.63) is 17.0 Å². The van der Waals surface area contributed by atoms with E-state index in [1.165, 1.54) is 6.07 Å². The second-order valence-electron chi connectivity index (χ2n) is 4.21. The molecule has 0 fully saturated rings. The van der Waals surface area contributed by atoms with Crippen molar-refractivity contribution in [1.29, 1.82) is 0 Å². The number of unbranched alkanes of at least 4 members (excludes halogenated alkanes) is 1. The van der Waals surface area contributed by atoms with Gasteiger partial charge in [-0.15, -0.1) is 11.3 Å². The van der Waals surface area contributed by atoms with Gasteiger partial charge in [-0.1, -0.05) is 26.7 Å². The number of carbonyl (C=O) groups excluding carboxylic acids is 1. The van der Waals surface area contributed by atoms with Gasteiger partial charge in [0.05, 0.1) is 5.00 Å². The summed E-state index contributed by atoms with van der Waals surface area (Å²) in [7, 11) is 0. The maximum Gasteiger partial charge on any atom is 0.345 e. The molecule has 0 aromatic carbocycles. The fourth-order valence-electron chi connectivity index (χ4n) is 1.71. The molecule has 0 spiro atoms. The van der Waals surface area contributed by atoms with E-state index in [2.05, 4.69) is 12.2 Å². The van der Waals surface area contributed by atoms with Crippen LogP contribution in [0.2, 0.25) is 0 Å². The van der Waals surface area contributed by atoms with Crippen LogP contribution in [0.15, 0.2) is 12.1 Å². The van der Waals surface area contributed by atoms with E-state index in [9.17, 15) is 9.59 Å². The third-order valence-electron chi connectivity index (χ3n) is 2.83. The monoisotopic (exact) mass is 269 g/mol. The van der Waals surface area contributed by atoms with Gasteiger partial charge < -0.3 is 10.4 Å². The van der Waals surface area contributed by atoms with Crippen LogP contribution in [0.4, 0.5) is 5.00 Å². The quantitative estimate of drug-likeness (QED) is 0.794. The van der Waals surface area contributed by atoms with E-state index in [0.717, 1.165) is 37.0 Å². The van der Waals surface area contributed by atoms with Crippen molar-refractivity contribution >= 4 is 28.2 Å². The lowest BCUT2D eigenvalue weighted by Crippen LogP contribution is -2.21. The minimum Gasteiger partial charge on any atom is -0.477 e. The van der Waals surface area contributed by atoms with Crippen LogP contribution in [0.3, 0.4) is 0 Å². The van der Waals surface area contributed by atoms with Gasteiger partial charge in [-0.05, 0) is 25.0 Å². The summed E-state index contributed by atoms with van der Waals surface area (Å²) >= 11 is 1.09. The van der Waals surface area contributed by atoms with Crippen molar-refractivity contribution in [3.8, 4) is 0 Å². The SMILES string of the molecule is CCCCC(CC)C(=O)Nc1ccc(C(=O)O)s1. The van der Waals surface area contributed by atoms with Gasteiger partial charge in [-0.3, -0.25) is 4.79 Å². The van der Waals surface area contributed by atoms with E-state index in [1.807, 2.05) is 6.92 Å². The summed E-state index contributed by atoms with van der Waals surface area (Å²) in [5, 5.41) is 12.2. The van der Waals surface area contributed by atoms with Gasteiger partial charge in [0, 0.05) is 5.92 Å². The molecule has 0 saturated carbocycles. The van der Waals surface area contributed by atoms with Crippen molar-refractivity contribution in [2.75, 3.05) is 5.32 Å². The Labute approximate surface area is 111 Å². The molecule has 1 heterocycles. The molecule has 0 radical (unpaired) electrons. The maximum atomic E-state index is 12.0. The van der Waals surface area contributed by atoms with Crippen LogP contribution >= 0.6 is 11.3 Å². The van der Waals surface area contributed by atoms with Gasteiger partial charge in [0.25, 0.3) is 0 Å². The lowest BCUT2D eigenvalue weighted by Gasteiger charge is -2.13. The van der Waals surface area contributed by atoms with Gasteiger partial charge in [-0.25, -0.2) is 4.79 Å². The maximum absolute atomic E-state index is 12.0. The summed E-state index contributed by atoms with van der Waals surface area (Å²) in [5.74, 6) is -0.955. The molecule has 0 bridgehead atoms. The number of amides is 1. The number of aromatic carboxylic acids is 1. The van der Waals surface area contributed by atoms with Crippen molar-refractivity contribution < 1.29 is 14.7 Å². The second-order valence-corrected chi connectivity index (χ2v) is 5.29. The highest BCUT2D eigenvalue weighted by Gasteiger charge is 2.17. The third kappa shape index (κ3) is 4.14. The van der Waals surface area contributed by atoms with Crippen molar-refractivity contribution in [3.63, 3.8) is 0 Å². The lowest BCUT2D eigenvalue weighted by atomic mass is 9.98. The van der Waals surface area contributed by atoms with E-state index in [-0.39, 0.29) is 16.7 Å². The number of hydrogen-bond acceptors (Lipinski definition) is 3. The number of thiophene rings is 1. The molecule has 1 aromatic heterocycles. The zero-order chi connectivity index (χ0) is 13.5.